The van der Waals surface area contributed by atoms with Gasteiger partial charge in [0.05, 0.1) is 6.10 Å². The third kappa shape index (κ3) is 4.50. The maximum absolute atomic E-state index is 12.6. The van der Waals surface area contributed by atoms with Gasteiger partial charge in [0.2, 0.25) is 23.6 Å². The molecule has 5 N–H and O–H groups in total. The summed E-state index contributed by atoms with van der Waals surface area (Å²) in [5, 5.41) is 19.0. The minimum atomic E-state index is -1.74. The van der Waals surface area contributed by atoms with Crippen LogP contribution in [0.4, 0.5) is 9.59 Å². The Morgan fingerprint density at radius 1 is 0.600 bits per heavy atom. The highest BCUT2D eigenvalue weighted by Crippen LogP contribution is 2.40. The van der Waals surface area contributed by atoms with Gasteiger partial charge in [-0.1, -0.05) is 27.7 Å². The van der Waals surface area contributed by atoms with Gasteiger partial charge in [-0.15, -0.1) is 0 Å². The Balaban J connectivity index is 2.35. The first-order valence-corrected chi connectivity index (χ1v) is 9.84. The van der Waals surface area contributed by atoms with Crippen LogP contribution in [0.1, 0.15) is 53.4 Å². The zero-order valence-corrected chi connectivity index (χ0v) is 17.5. The van der Waals surface area contributed by atoms with Gasteiger partial charge in [-0.3, -0.25) is 40.4 Å². The first-order valence-electron chi connectivity index (χ1n) is 9.84. The van der Waals surface area contributed by atoms with Crippen molar-refractivity contribution in [1.29, 1.82) is 0 Å². The van der Waals surface area contributed by atoms with E-state index in [1.165, 1.54) is 0 Å². The highest BCUT2D eigenvalue weighted by Gasteiger charge is 2.55. The fourth-order valence-corrected chi connectivity index (χ4v) is 4.34. The molecule has 8 amide bonds. The first-order chi connectivity index (χ1) is 13.8. The van der Waals surface area contributed by atoms with E-state index in [1.807, 2.05) is 0 Å². The molecule has 2 saturated heterocycles. The molecule has 0 bridgehead atoms. The van der Waals surface area contributed by atoms with Crippen molar-refractivity contribution in [3.05, 3.63) is 0 Å². The van der Waals surface area contributed by atoms with Crippen LogP contribution in [0.15, 0.2) is 0 Å². The number of carbonyl (C=O) groups is 6. The van der Waals surface area contributed by atoms with Gasteiger partial charge in [-0.25, -0.2) is 9.59 Å². The molecule has 2 aliphatic rings. The van der Waals surface area contributed by atoms with Crippen LogP contribution in [0.2, 0.25) is 0 Å². The molecule has 0 saturated carbocycles. The number of urea groups is 2. The summed E-state index contributed by atoms with van der Waals surface area (Å²) in [5.74, 6) is -3.62. The molecule has 0 aliphatic carbocycles. The maximum atomic E-state index is 12.6. The van der Waals surface area contributed by atoms with E-state index in [1.54, 1.807) is 27.7 Å². The molecule has 0 unspecified atom stereocenters. The van der Waals surface area contributed by atoms with Crippen molar-refractivity contribution in [3.63, 3.8) is 0 Å². The van der Waals surface area contributed by atoms with Gasteiger partial charge < -0.3 is 5.11 Å². The molecular formula is C19H28N4O7. The van der Waals surface area contributed by atoms with Crippen molar-refractivity contribution in [2.24, 2.45) is 22.7 Å². The maximum Gasteiger partial charge on any atom is 0.328 e. The third-order valence-electron chi connectivity index (χ3n) is 5.33. The van der Waals surface area contributed by atoms with E-state index in [0.717, 1.165) is 0 Å². The van der Waals surface area contributed by atoms with Crippen molar-refractivity contribution in [2.75, 3.05) is 0 Å². The second-order valence-corrected chi connectivity index (χ2v) is 8.90. The molecule has 2 rings (SSSR count). The van der Waals surface area contributed by atoms with E-state index in [2.05, 4.69) is 21.3 Å². The Hall–Kier alpha value is -2.82. The number of imide groups is 4. The Morgan fingerprint density at radius 3 is 1.10 bits per heavy atom. The number of hydrogen-bond acceptors (Lipinski definition) is 7. The quantitative estimate of drug-likeness (QED) is 0.339. The lowest BCUT2D eigenvalue weighted by Gasteiger charge is -2.40. The molecule has 0 aromatic rings. The number of aliphatic hydroxyl groups is 1. The largest absolute Gasteiger partial charge is 0.393 e. The summed E-state index contributed by atoms with van der Waals surface area (Å²) in [4.78, 5) is 73.5. The minimum absolute atomic E-state index is 0.0447. The van der Waals surface area contributed by atoms with E-state index < -0.39 is 65.5 Å². The minimum Gasteiger partial charge on any atom is -0.393 e. The summed E-state index contributed by atoms with van der Waals surface area (Å²) < 4.78 is 0. The van der Waals surface area contributed by atoms with E-state index in [4.69, 9.17) is 0 Å². The molecule has 0 aromatic carbocycles. The van der Waals surface area contributed by atoms with Crippen molar-refractivity contribution in [3.8, 4) is 0 Å². The van der Waals surface area contributed by atoms with Gasteiger partial charge in [0.25, 0.3) is 0 Å². The van der Waals surface area contributed by atoms with E-state index in [0.29, 0.717) is 0 Å². The van der Waals surface area contributed by atoms with Crippen molar-refractivity contribution >= 4 is 35.7 Å². The Morgan fingerprint density at radius 2 is 0.867 bits per heavy atom. The lowest BCUT2D eigenvalue weighted by molar-refractivity contribution is -0.151. The summed E-state index contributed by atoms with van der Waals surface area (Å²) in [5.41, 5.74) is -3.48. The number of nitrogens with one attached hydrogen (secondary N) is 4. The molecule has 2 fully saturated rings. The average Bonchev–Trinajstić information content (AvgIpc) is 2.56. The van der Waals surface area contributed by atoms with Gasteiger partial charge in [0.1, 0.15) is 10.8 Å². The van der Waals surface area contributed by atoms with Crippen LogP contribution in [-0.4, -0.2) is 46.9 Å². The van der Waals surface area contributed by atoms with Crippen LogP contribution in [0.5, 0.6) is 0 Å². The second-order valence-electron chi connectivity index (χ2n) is 8.90. The van der Waals surface area contributed by atoms with Crippen LogP contribution in [0.3, 0.4) is 0 Å². The van der Waals surface area contributed by atoms with Gasteiger partial charge in [-0.05, 0) is 37.5 Å². The normalized spacial score (nSPS) is 20.9. The summed E-state index contributed by atoms with van der Waals surface area (Å²) in [6.45, 7) is 7.11. The van der Waals surface area contributed by atoms with Gasteiger partial charge in [-0.2, -0.15) is 0 Å². The van der Waals surface area contributed by atoms with Gasteiger partial charge in [0, 0.05) is 0 Å². The molecule has 0 spiro atoms. The molecule has 2 aliphatic heterocycles. The molecule has 0 atom stereocenters. The summed E-state index contributed by atoms with van der Waals surface area (Å²) in [7, 11) is 0. The molecule has 11 nitrogen and oxygen atoms in total. The molecule has 0 radical (unpaired) electrons. The summed E-state index contributed by atoms with van der Waals surface area (Å²) >= 11 is 0. The fraction of sp³-hybridized carbons (Fsp3) is 0.684. The van der Waals surface area contributed by atoms with E-state index in [-0.39, 0.29) is 24.7 Å². The molecule has 0 aromatic heterocycles. The van der Waals surface area contributed by atoms with Crippen LogP contribution in [0, 0.1) is 22.7 Å². The number of carbonyl (C=O) groups excluding carboxylic acids is 6. The van der Waals surface area contributed by atoms with E-state index >= 15 is 0 Å². The fourth-order valence-electron chi connectivity index (χ4n) is 4.34. The highest BCUT2D eigenvalue weighted by atomic mass is 16.3. The van der Waals surface area contributed by atoms with Gasteiger partial charge in [0.15, 0.2) is 0 Å². The number of barbiturate groups is 2. The Labute approximate surface area is 173 Å². The molecule has 2 heterocycles. The molecule has 166 valence electrons. The summed E-state index contributed by atoms with van der Waals surface area (Å²) in [6.07, 6.45) is -2.13. The summed E-state index contributed by atoms with van der Waals surface area (Å²) in [6, 6.07) is -1.89. The van der Waals surface area contributed by atoms with E-state index in [9.17, 15) is 33.9 Å². The number of amides is 8. The van der Waals surface area contributed by atoms with Gasteiger partial charge >= 0.3 is 12.1 Å². The predicted molar refractivity (Wildman–Crippen MR) is 102 cm³/mol. The second kappa shape index (κ2) is 8.50. The smallest absolute Gasteiger partial charge is 0.328 e. The van der Waals surface area contributed by atoms with Crippen LogP contribution >= 0.6 is 0 Å². The average molecular weight is 424 g/mol. The standard InChI is InChI=1S/C19H28N4O7/c1-9(2)5-18(12(25)20-16(29)21-13(18)26)7-11(24)8-19(6-10(3)4)14(27)22-17(30)23-15(19)28/h9-11,24H,5-8H2,1-4H3,(H2,20,21,25,26,29)(H2,22,23,27,28,30). The molecular weight excluding hydrogens is 396 g/mol. The Bertz CT molecular complexity index is 686. The lowest BCUT2D eigenvalue weighted by atomic mass is 9.68. The van der Waals surface area contributed by atoms with Crippen molar-refractivity contribution in [1.82, 2.24) is 21.3 Å². The first kappa shape index (κ1) is 23.5. The third-order valence-corrected chi connectivity index (χ3v) is 5.33. The monoisotopic (exact) mass is 424 g/mol. The molecule has 30 heavy (non-hydrogen) atoms. The zero-order valence-electron chi connectivity index (χ0n) is 17.5. The van der Waals surface area contributed by atoms with Crippen molar-refractivity contribution < 1.29 is 33.9 Å². The Kier molecular flexibility index (Phi) is 6.65. The van der Waals surface area contributed by atoms with Crippen LogP contribution < -0.4 is 21.3 Å². The number of rotatable bonds is 8. The van der Waals surface area contributed by atoms with Crippen LogP contribution in [0.25, 0.3) is 0 Å². The zero-order chi connectivity index (χ0) is 22.9. The van der Waals surface area contributed by atoms with Crippen molar-refractivity contribution in [2.45, 2.75) is 59.5 Å². The number of aliphatic hydroxyl groups excluding tert-OH is 1. The SMILES string of the molecule is CC(C)CC1(CC(O)CC2(CC(C)C)C(=O)NC(=O)NC2=O)C(=O)NC(=O)NC1=O. The van der Waals surface area contributed by atoms with Crippen LogP contribution in [-0.2, 0) is 19.2 Å². The number of hydrogen-bond donors (Lipinski definition) is 5. The molecule has 11 heteroatoms. The topological polar surface area (TPSA) is 171 Å². The lowest BCUT2D eigenvalue weighted by Crippen LogP contribution is -2.65. The predicted octanol–water partition coefficient (Wildman–Crippen LogP) is -0.0755. The highest BCUT2D eigenvalue weighted by molar-refractivity contribution is 6.20.